The molecule has 0 aromatic rings. The molecule has 0 aliphatic heterocycles. The van der Waals surface area contributed by atoms with Gasteiger partial charge in [0, 0.05) is 5.41 Å². The van der Waals surface area contributed by atoms with Gasteiger partial charge < -0.3 is 9.84 Å². The highest BCUT2D eigenvalue weighted by Crippen LogP contribution is 2.28. The molecular weight excluding hydrogens is 152 g/mol. The van der Waals surface area contributed by atoms with Crippen LogP contribution in [0, 0.1) is 17.4 Å². The zero-order valence-electron chi connectivity index (χ0n) is 8.56. The molecule has 0 aliphatic rings. The predicted octanol–water partition coefficient (Wildman–Crippen LogP) is 1.78. The minimum Gasteiger partial charge on any atom is -0.447 e. The molecule has 12 heavy (non-hydrogen) atoms. The lowest BCUT2D eigenvalue weighted by Crippen LogP contribution is -2.38. The van der Waals surface area contributed by atoms with Crippen LogP contribution >= 0.6 is 0 Å². The summed E-state index contributed by atoms with van der Waals surface area (Å²) in [7, 11) is 0. The molecule has 70 valence electrons. The van der Waals surface area contributed by atoms with Crippen LogP contribution in [-0.2, 0) is 4.74 Å². The fourth-order valence-electron chi connectivity index (χ4n) is 0.395. The molecule has 0 fully saturated rings. The van der Waals surface area contributed by atoms with E-state index in [9.17, 15) is 5.11 Å². The standard InChI is InChI=1S/C10H18O2/c1-6-12-8-7-10(5,11)9(2,3)4/h11H,6H2,1-5H3. The van der Waals surface area contributed by atoms with Crippen LogP contribution in [-0.4, -0.2) is 17.3 Å². The Labute approximate surface area is 74.9 Å². The molecule has 0 amide bonds. The first-order valence-corrected chi connectivity index (χ1v) is 4.17. The van der Waals surface area contributed by atoms with Crippen LogP contribution in [0.3, 0.4) is 0 Å². The van der Waals surface area contributed by atoms with Gasteiger partial charge in [0.05, 0.1) is 6.61 Å². The van der Waals surface area contributed by atoms with E-state index in [0.717, 1.165) is 0 Å². The molecule has 0 spiro atoms. The topological polar surface area (TPSA) is 29.5 Å². The first-order chi connectivity index (χ1) is 5.31. The van der Waals surface area contributed by atoms with Gasteiger partial charge in [-0.2, -0.15) is 0 Å². The largest absolute Gasteiger partial charge is 0.447 e. The third-order valence-corrected chi connectivity index (χ3v) is 1.97. The number of rotatable bonds is 1. The molecule has 0 saturated carbocycles. The lowest BCUT2D eigenvalue weighted by atomic mass is 9.78. The van der Waals surface area contributed by atoms with Crippen molar-refractivity contribution in [3.05, 3.63) is 0 Å². The number of ether oxygens (including phenoxy) is 1. The maximum atomic E-state index is 9.82. The van der Waals surface area contributed by atoms with Crippen LogP contribution in [0.5, 0.6) is 0 Å². The van der Waals surface area contributed by atoms with Crippen molar-refractivity contribution in [2.75, 3.05) is 6.61 Å². The Morgan fingerprint density at radius 3 is 2.08 bits per heavy atom. The van der Waals surface area contributed by atoms with E-state index in [4.69, 9.17) is 4.74 Å². The van der Waals surface area contributed by atoms with Crippen molar-refractivity contribution in [2.45, 2.75) is 40.2 Å². The van der Waals surface area contributed by atoms with Crippen LogP contribution in [0.15, 0.2) is 0 Å². The fourth-order valence-corrected chi connectivity index (χ4v) is 0.395. The second-order valence-corrected chi connectivity index (χ2v) is 3.98. The number of aliphatic hydroxyl groups is 1. The van der Waals surface area contributed by atoms with Crippen molar-refractivity contribution in [1.82, 2.24) is 0 Å². The SMILES string of the molecule is CCOC#CC(C)(O)C(C)(C)C. The maximum Gasteiger partial charge on any atom is 0.130 e. The zero-order valence-corrected chi connectivity index (χ0v) is 8.56. The van der Waals surface area contributed by atoms with E-state index in [1.165, 1.54) is 0 Å². The van der Waals surface area contributed by atoms with Gasteiger partial charge in [0.25, 0.3) is 0 Å². The number of hydrogen-bond acceptors (Lipinski definition) is 2. The van der Waals surface area contributed by atoms with Gasteiger partial charge in [-0.3, -0.25) is 0 Å². The van der Waals surface area contributed by atoms with E-state index in [0.29, 0.717) is 6.61 Å². The van der Waals surface area contributed by atoms with Gasteiger partial charge in [-0.25, -0.2) is 0 Å². The molecule has 0 aromatic carbocycles. The second-order valence-electron chi connectivity index (χ2n) is 3.98. The molecular formula is C10H18O2. The Hall–Kier alpha value is -0.680. The van der Waals surface area contributed by atoms with E-state index < -0.39 is 5.60 Å². The quantitative estimate of drug-likeness (QED) is 0.608. The Bertz CT molecular complexity index is 188. The Kier molecular flexibility index (Phi) is 3.60. The molecule has 0 bridgehead atoms. The van der Waals surface area contributed by atoms with Crippen LogP contribution in [0.25, 0.3) is 0 Å². The lowest BCUT2D eigenvalue weighted by molar-refractivity contribution is 0.0120. The van der Waals surface area contributed by atoms with Crippen molar-refractivity contribution in [2.24, 2.45) is 5.41 Å². The molecule has 0 aromatic heterocycles. The minimum absolute atomic E-state index is 0.253. The van der Waals surface area contributed by atoms with E-state index in [1.54, 1.807) is 6.92 Å². The van der Waals surface area contributed by atoms with Gasteiger partial charge in [-0.05, 0) is 19.8 Å². The van der Waals surface area contributed by atoms with Crippen molar-refractivity contribution in [3.63, 3.8) is 0 Å². The Morgan fingerprint density at radius 1 is 1.25 bits per heavy atom. The third-order valence-electron chi connectivity index (χ3n) is 1.97. The Morgan fingerprint density at radius 2 is 1.75 bits per heavy atom. The van der Waals surface area contributed by atoms with Crippen LogP contribution in [0.2, 0.25) is 0 Å². The van der Waals surface area contributed by atoms with Crippen molar-refractivity contribution < 1.29 is 9.84 Å². The summed E-state index contributed by atoms with van der Waals surface area (Å²) in [4.78, 5) is 0. The average Bonchev–Trinajstić information content (AvgIpc) is 1.85. The summed E-state index contributed by atoms with van der Waals surface area (Å²) in [6, 6.07) is 0. The normalized spacial score (nSPS) is 15.8. The summed E-state index contributed by atoms with van der Waals surface area (Å²) < 4.78 is 4.84. The molecule has 2 nitrogen and oxygen atoms in total. The molecule has 1 N–H and O–H groups in total. The van der Waals surface area contributed by atoms with Crippen LogP contribution < -0.4 is 0 Å². The highest BCUT2D eigenvalue weighted by molar-refractivity contribution is 5.13. The molecule has 0 saturated heterocycles. The lowest BCUT2D eigenvalue weighted by Gasteiger charge is -2.31. The van der Waals surface area contributed by atoms with E-state index in [2.05, 4.69) is 12.0 Å². The second kappa shape index (κ2) is 3.82. The molecule has 0 radical (unpaired) electrons. The van der Waals surface area contributed by atoms with Crippen LogP contribution in [0.1, 0.15) is 34.6 Å². The van der Waals surface area contributed by atoms with Gasteiger partial charge in [0.1, 0.15) is 11.7 Å². The molecule has 1 atom stereocenters. The summed E-state index contributed by atoms with van der Waals surface area (Å²) >= 11 is 0. The molecule has 0 aliphatic carbocycles. The molecule has 2 heteroatoms. The van der Waals surface area contributed by atoms with Gasteiger partial charge in [-0.15, -0.1) is 0 Å². The van der Waals surface area contributed by atoms with Gasteiger partial charge in [-0.1, -0.05) is 20.8 Å². The first kappa shape index (κ1) is 11.3. The fraction of sp³-hybridized carbons (Fsp3) is 0.800. The first-order valence-electron chi connectivity index (χ1n) is 4.17. The molecule has 0 heterocycles. The Balaban J connectivity index is 4.35. The average molecular weight is 170 g/mol. The summed E-state index contributed by atoms with van der Waals surface area (Å²) in [6.07, 6.45) is 2.48. The smallest absolute Gasteiger partial charge is 0.130 e. The highest BCUT2D eigenvalue weighted by atomic mass is 16.5. The van der Waals surface area contributed by atoms with E-state index >= 15 is 0 Å². The van der Waals surface area contributed by atoms with Crippen molar-refractivity contribution in [1.29, 1.82) is 0 Å². The molecule has 1 unspecified atom stereocenters. The maximum absolute atomic E-state index is 9.82. The van der Waals surface area contributed by atoms with Crippen LogP contribution in [0.4, 0.5) is 0 Å². The third kappa shape index (κ3) is 3.15. The predicted molar refractivity (Wildman–Crippen MR) is 49.5 cm³/mol. The van der Waals surface area contributed by atoms with Gasteiger partial charge in [0.2, 0.25) is 0 Å². The zero-order chi connectivity index (χ0) is 9.83. The molecule has 0 rings (SSSR count). The highest BCUT2D eigenvalue weighted by Gasteiger charge is 2.33. The monoisotopic (exact) mass is 170 g/mol. The van der Waals surface area contributed by atoms with E-state index in [1.807, 2.05) is 27.7 Å². The summed E-state index contributed by atoms with van der Waals surface area (Å²) in [5.74, 6) is 2.68. The van der Waals surface area contributed by atoms with E-state index in [-0.39, 0.29) is 5.41 Å². The van der Waals surface area contributed by atoms with Crippen molar-refractivity contribution in [3.8, 4) is 12.0 Å². The number of hydrogen-bond donors (Lipinski definition) is 1. The van der Waals surface area contributed by atoms with Gasteiger partial charge >= 0.3 is 0 Å². The summed E-state index contributed by atoms with van der Waals surface area (Å²) in [5.41, 5.74) is -1.25. The van der Waals surface area contributed by atoms with Crippen molar-refractivity contribution >= 4 is 0 Å². The summed E-state index contributed by atoms with van der Waals surface area (Å²) in [5, 5.41) is 9.82. The van der Waals surface area contributed by atoms with Gasteiger partial charge in [0.15, 0.2) is 0 Å². The minimum atomic E-state index is -0.998. The summed E-state index contributed by atoms with van der Waals surface area (Å²) in [6.45, 7) is 9.92.